The minimum absolute atomic E-state index is 0.0541. The summed E-state index contributed by atoms with van der Waals surface area (Å²) in [6, 6.07) is 0. The van der Waals surface area contributed by atoms with E-state index in [-0.39, 0.29) is 24.5 Å². The number of hydrogen-bond donors (Lipinski definition) is 2. The SMILES string of the molecule is CC(C)(C)CC(=O)NC[C@H](O)COc1nsnc1N1CCOCC1. The third kappa shape index (κ3) is 6.21. The number of morpholine rings is 1. The van der Waals surface area contributed by atoms with E-state index in [1.54, 1.807) is 0 Å². The summed E-state index contributed by atoms with van der Waals surface area (Å²) in [7, 11) is 0. The van der Waals surface area contributed by atoms with Crippen molar-refractivity contribution < 1.29 is 19.4 Å². The fourth-order valence-corrected chi connectivity index (χ4v) is 2.77. The molecule has 9 heteroatoms. The molecule has 1 atom stereocenters. The zero-order valence-electron chi connectivity index (χ0n) is 14.4. The summed E-state index contributed by atoms with van der Waals surface area (Å²) in [4.78, 5) is 13.8. The lowest BCUT2D eigenvalue weighted by Crippen LogP contribution is -2.38. The van der Waals surface area contributed by atoms with Gasteiger partial charge in [0.2, 0.25) is 11.7 Å². The first kappa shape index (κ1) is 18.9. The third-order valence-electron chi connectivity index (χ3n) is 3.39. The fraction of sp³-hybridized carbons (Fsp3) is 0.800. The van der Waals surface area contributed by atoms with Crippen LogP contribution in [0.2, 0.25) is 0 Å². The van der Waals surface area contributed by atoms with Gasteiger partial charge < -0.3 is 24.8 Å². The minimum Gasteiger partial charge on any atom is -0.472 e. The molecule has 0 saturated carbocycles. The van der Waals surface area contributed by atoms with Crippen LogP contribution in [0.3, 0.4) is 0 Å². The number of amides is 1. The Morgan fingerprint density at radius 2 is 2.12 bits per heavy atom. The molecule has 0 bridgehead atoms. The predicted octanol–water partition coefficient (Wildman–Crippen LogP) is 0.667. The zero-order chi connectivity index (χ0) is 17.6. The van der Waals surface area contributed by atoms with Crippen molar-refractivity contribution in [2.75, 3.05) is 44.4 Å². The fourth-order valence-electron chi connectivity index (χ4n) is 2.24. The molecule has 0 aromatic carbocycles. The Bertz CT molecular complexity index is 526. The number of nitrogens with zero attached hydrogens (tertiary/aromatic N) is 3. The lowest BCUT2D eigenvalue weighted by atomic mass is 9.92. The van der Waals surface area contributed by atoms with Crippen LogP contribution < -0.4 is 15.0 Å². The maximum Gasteiger partial charge on any atom is 0.270 e. The molecule has 24 heavy (non-hydrogen) atoms. The van der Waals surface area contributed by atoms with E-state index < -0.39 is 6.10 Å². The van der Waals surface area contributed by atoms with Crippen molar-refractivity contribution in [1.29, 1.82) is 0 Å². The van der Waals surface area contributed by atoms with Crippen molar-refractivity contribution >= 4 is 23.5 Å². The highest BCUT2D eigenvalue weighted by molar-refractivity contribution is 6.99. The second-order valence-corrected chi connectivity index (χ2v) is 7.53. The number of ether oxygens (including phenoxy) is 2. The molecule has 2 N–H and O–H groups in total. The van der Waals surface area contributed by atoms with Crippen molar-refractivity contribution in [3.63, 3.8) is 0 Å². The molecule has 0 unspecified atom stereocenters. The molecule has 1 saturated heterocycles. The Kier molecular flexibility index (Phi) is 6.76. The van der Waals surface area contributed by atoms with Gasteiger partial charge >= 0.3 is 0 Å². The second kappa shape index (κ2) is 8.59. The average Bonchev–Trinajstić information content (AvgIpc) is 2.98. The number of carbonyl (C=O) groups is 1. The van der Waals surface area contributed by atoms with Gasteiger partial charge in [-0.25, -0.2) is 0 Å². The number of aromatic nitrogens is 2. The molecule has 1 aromatic heterocycles. The molecule has 0 aliphatic carbocycles. The maximum absolute atomic E-state index is 11.8. The standard InChI is InChI=1S/C15H26N4O4S/c1-15(2,3)8-12(21)16-9-11(20)10-23-14-13(17-24-18-14)19-4-6-22-7-5-19/h11,20H,4-10H2,1-3H3,(H,16,21)/t11-/m0/s1. The number of nitrogens with one attached hydrogen (secondary N) is 1. The van der Waals surface area contributed by atoms with E-state index >= 15 is 0 Å². The molecule has 2 heterocycles. The topological polar surface area (TPSA) is 96.8 Å². The molecular formula is C15H26N4O4S. The second-order valence-electron chi connectivity index (χ2n) is 7.00. The van der Waals surface area contributed by atoms with E-state index in [0.29, 0.717) is 31.3 Å². The smallest absolute Gasteiger partial charge is 0.270 e. The van der Waals surface area contributed by atoms with Gasteiger partial charge in [-0.1, -0.05) is 20.8 Å². The van der Waals surface area contributed by atoms with Gasteiger partial charge in [-0.05, 0) is 5.41 Å². The number of carbonyl (C=O) groups excluding carboxylic acids is 1. The molecule has 1 amide bonds. The van der Waals surface area contributed by atoms with Crippen molar-refractivity contribution in [2.45, 2.75) is 33.3 Å². The van der Waals surface area contributed by atoms with Crippen LogP contribution >= 0.6 is 11.7 Å². The van der Waals surface area contributed by atoms with E-state index in [1.165, 1.54) is 0 Å². The van der Waals surface area contributed by atoms with Crippen molar-refractivity contribution in [3.05, 3.63) is 0 Å². The van der Waals surface area contributed by atoms with Gasteiger partial charge in [-0.15, -0.1) is 4.37 Å². The van der Waals surface area contributed by atoms with E-state index in [4.69, 9.17) is 9.47 Å². The molecule has 1 fully saturated rings. The van der Waals surface area contributed by atoms with Crippen LogP contribution in [0.15, 0.2) is 0 Å². The van der Waals surface area contributed by atoms with Gasteiger partial charge in [0.25, 0.3) is 5.88 Å². The zero-order valence-corrected chi connectivity index (χ0v) is 15.3. The molecule has 2 rings (SSSR count). The van der Waals surface area contributed by atoms with Crippen molar-refractivity contribution in [1.82, 2.24) is 14.1 Å². The Labute approximate surface area is 146 Å². The van der Waals surface area contributed by atoms with E-state index in [1.807, 2.05) is 20.8 Å². The highest BCUT2D eigenvalue weighted by Crippen LogP contribution is 2.26. The minimum atomic E-state index is -0.798. The van der Waals surface area contributed by atoms with Crippen LogP contribution in [0.4, 0.5) is 5.82 Å². The molecule has 0 radical (unpaired) electrons. The Hall–Kier alpha value is -1.45. The van der Waals surface area contributed by atoms with Crippen LogP contribution in [-0.4, -0.2) is 65.3 Å². The van der Waals surface area contributed by atoms with E-state index in [2.05, 4.69) is 19.0 Å². The van der Waals surface area contributed by atoms with Crippen LogP contribution in [-0.2, 0) is 9.53 Å². The molecule has 1 aromatic rings. The maximum atomic E-state index is 11.8. The van der Waals surface area contributed by atoms with Crippen LogP contribution in [0, 0.1) is 5.41 Å². The number of aliphatic hydroxyl groups is 1. The molecule has 136 valence electrons. The van der Waals surface area contributed by atoms with Gasteiger partial charge in [0, 0.05) is 26.1 Å². The quantitative estimate of drug-likeness (QED) is 0.739. The highest BCUT2D eigenvalue weighted by atomic mass is 32.1. The molecule has 8 nitrogen and oxygen atoms in total. The molecular weight excluding hydrogens is 332 g/mol. The monoisotopic (exact) mass is 358 g/mol. The Balaban J connectivity index is 1.75. The van der Waals surface area contributed by atoms with Gasteiger partial charge in [0.15, 0.2) is 0 Å². The summed E-state index contributed by atoms with van der Waals surface area (Å²) in [6.45, 7) is 8.98. The average molecular weight is 358 g/mol. The van der Waals surface area contributed by atoms with E-state index in [0.717, 1.165) is 24.8 Å². The van der Waals surface area contributed by atoms with Crippen molar-refractivity contribution in [2.24, 2.45) is 5.41 Å². The van der Waals surface area contributed by atoms with Crippen LogP contribution in [0.5, 0.6) is 5.88 Å². The number of aliphatic hydroxyl groups excluding tert-OH is 1. The Morgan fingerprint density at radius 1 is 1.42 bits per heavy atom. The predicted molar refractivity (Wildman–Crippen MR) is 91.5 cm³/mol. The number of anilines is 1. The first-order valence-electron chi connectivity index (χ1n) is 8.08. The third-order valence-corrected chi connectivity index (χ3v) is 3.89. The lowest BCUT2D eigenvalue weighted by molar-refractivity contribution is -0.123. The summed E-state index contributed by atoms with van der Waals surface area (Å²) in [6.07, 6.45) is -0.384. The van der Waals surface area contributed by atoms with Gasteiger partial charge in [-0.2, -0.15) is 4.37 Å². The lowest BCUT2D eigenvalue weighted by Gasteiger charge is -2.26. The molecule has 1 aliphatic heterocycles. The van der Waals surface area contributed by atoms with Gasteiger partial charge in [-0.3, -0.25) is 4.79 Å². The largest absolute Gasteiger partial charge is 0.472 e. The first-order chi connectivity index (χ1) is 11.3. The summed E-state index contributed by atoms with van der Waals surface area (Å²) >= 11 is 1.08. The normalized spacial score (nSPS) is 16.8. The highest BCUT2D eigenvalue weighted by Gasteiger charge is 2.21. The van der Waals surface area contributed by atoms with Crippen LogP contribution in [0.25, 0.3) is 0 Å². The summed E-state index contributed by atoms with van der Waals surface area (Å²) in [5.41, 5.74) is -0.0785. The van der Waals surface area contributed by atoms with Crippen molar-refractivity contribution in [3.8, 4) is 5.88 Å². The van der Waals surface area contributed by atoms with Crippen LogP contribution in [0.1, 0.15) is 27.2 Å². The summed E-state index contributed by atoms with van der Waals surface area (Å²) < 4.78 is 19.3. The molecule has 1 aliphatic rings. The van der Waals surface area contributed by atoms with Gasteiger partial charge in [0.05, 0.1) is 24.9 Å². The van der Waals surface area contributed by atoms with Gasteiger partial charge in [0.1, 0.15) is 12.7 Å². The molecule has 0 spiro atoms. The number of hydrogen-bond acceptors (Lipinski definition) is 8. The number of rotatable bonds is 7. The first-order valence-corrected chi connectivity index (χ1v) is 8.81. The summed E-state index contributed by atoms with van der Waals surface area (Å²) in [5.74, 6) is 1.03. The Morgan fingerprint density at radius 3 is 2.79 bits per heavy atom. The summed E-state index contributed by atoms with van der Waals surface area (Å²) in [5, 5.41) is 12.7. The van der Waals surface area contributed by atoms with E-state index in [9.17, 15) is 9.90 Å².